The predicted octanol–water partition coefficient (Wildman–Crippen LogP) is 3.84. The number of para-hydroxylation sites is 2. The fourth-order valence-corrected chi connectivity index (χ4v) is 4.05. The Balaban J connectivity index is 1.37. The first-order valence-corrected chi connectivity index (χ1v) is 10.6. The lowest BCUT2D eigenvalue weighted by Crippen LogP contribution is -2.27. The SMILES string of the molecule is Cc1ccc(C(=O)CCC(=O)CCC(=O)NCCn2c(C)nc3ccccc32)s1. The highest BCUT2D eigenvalue weighted by atomic mass is 32.1. The number of benzene rings is 1. The molecular weight excluding hydrogens is 386 g/mol. The van der Waals surface area contributed by atoms with E-state index >= 15 is 0 Å². The Kier molecular flexibility index (Phi) is 6.93. The van der Waals surface area contributed by atoms with Crippen LogP contribution in [-0.2, 0) is 16.1 Å². The van der Waals surface area contributed by atoms with Crippen LogP contribution in [0, 0.1) is 13.8 Å². The van der Waals surface area contributed by atoms with Crippen molar-refractivity contribution in [3.8, 4) is 0 Å². The second-order valence-corrected chi connectivity index (χ2v) is 8.31. The van der Waals surface area contributed by atoms with Crippen LogP contribution < -0.4 is 5.32 Å². The van der Waals surface area contributed by atoms with Gasteiger partial charge < -0.3 is 9.88 Å². The molecule has 0 aliphatic carbocycles. The van der Waals surface area contributed by atoms with Gasteiger partial charge in [-0.3, -0.25) is 14.4 Å². The maximum Gasteiger partial charge on any atom is 0.220 e. The van der Waals surface area contributed by atoms with E-state index in [1.807, 2.05) is 44.2 Å². The minimum Gasteiger partial charge on any atom is -0.354 e. The smallest absolute Gasteiger partial charge is 0.220 e. The summed E-state index contributed by atoms with van der Waals surface area (Å²) in [6.45, 7) is 4.99. The number of nitrogens with one attached hydrogen (secondary N) is 1. The Morgan fingerprint density at radius 2 is 1.76 bits per heavy atom. The number of carbonyl (C=O) groups is 3. The molecule has 0 spiro atoms. The first-order valence-electron chi connectivity index (χ1n) is 9.74. The van der Waals surface area contributed by atoms with E-state index < -0.39 is 0 Å². The van der Waals surface area contributed by atoms with Gasteiger partial charge in [0.05, 0.1) is 15.9 Å². The molecule has 7 heteroatoms. The Morgan fingerprint density at radius 3 is 2.52 bits per heavy atom. The molecule has 0 aliphatic heterocycles. The largest absolute Gasteiger partial charge is 0.354 e. The summed E-state index contributed by atoms with van der Waals surface area (Å²) in [5.74, 6) is 0.684. The Labute approximate surface area is 173 Å². The van der Waals surface area contributed by atoms with Gasteiger partial charge in [-0.25, -0.2) is 4.98 Å². The zero-order valence-corrected chi connectivity index (χ0v) is 17.6. The van der Waals surface area contributed by atoms with Crippen LogP contribution in [-0.4, -0.2) is 33.6 Å². The number of fused-ring (bicyclic) bond motifs is 1. The molecule has 2 aromatic heterocycles. The summed E-state index contributed by atoms with van der Waals surface area (Å²) in [6.07, 6.45) is 0.696. The summed E-state index contributed by atoms with van der Waals surface area (Å²) in [6, 6.07) is 11.6. The van der Waals surface area contributed by atoms with Crippen molar-refractivity contribution in [3.63, 3.8) is 0 Å². The van der Waals surface area contributed by atoms with Crippen molar-refractivity contribution in [1.82, 2.24) is 14.9 Å². The molecule has 0 saturated heterocycles. The minimum absolute atomic E-state index is 0.0103. The molecule has 0 bridgehead atoms. The van der Waals surface area contributed by atoms with E-state index in [-0.39, 0.29) is 43.2 Å². The van der Waals surface area contributed by atoms with Crippen LogP contribution in [0.3, 0.4) is 0 Å². The quantitative estimate of drug-likeness (QED) is 0.514. The average Bonchev–Trinajstić information content (AvgIpc) is 3.27. The normalized spacial score (nSPS) is 11.0. The average molecular weight is 412 g/mol. The topological polar surface area (TPSA) is 81.1 Å². The highest BCUT2D eigenvalue weighted by molar-refractivity contribution is 7.14. The molecule has 0 unspecified atom stereocenters. The van der Waals surface area contributed by atoms with E-state index in [4.69, 9.17) is 0 Å². The summed E-state index contributed by atoms with van der Waals surface area (Å²) >= 11 is 1.44. The number of hydrogen-bond acceptors (Lipinski definition) is 5. The zero-order chi connectivity index (χ0) is 20.8. The lowest BCUT2D eigenvalue weighted by molar-refractivity contribution is -0.125. The molecule has 3 rings (SSSR count). The minimum atomic E-state index is -0.152. The van der Waals surface area contributed by atoms with Gasteiger partial charge >= 0.3 is 0 Å². The number of aryl methyl sites for hydroxylation is 2. The van der Waals surface area contributed by atoms with E-state index in [2.05, 4.69) is 14.9 Å². The highest BCUT2D eigenvalue weighted by Crippen LogP contribution is 2.18. The van der Waals surface area contributed by atoms with E-state index in [1.54, 1.807) is 6.07 Å². The van der Waals surface area contributed by atoms with Gasteiger partial charge in [-0.15, -0.1) is 11.3 Å². The molecule has 3 aromatic rings. The summed E-state index contributed by atoms with van der Waals surface area (Å²) in [5, 5.41) is 2.86. The van der Waals surface area contributed by atoms with Crippen molar-refractivity contribution in [3.05, 3.63) is 52.0 Å². The van der Waals surface area contributed by atoms with Gasteiger partial charge in [0.15, 0.2) is 5.78 Å². The van der Waals surface area contributed by atoms with E-state index in [0.717, 1.165) is 21.7 Å². The Hall–Kier alpha value is -2.80. The van der Waals surface area contributed by atoms with Crippen molar-refractivity contribution in [2.75, 3.05) is 6.54 Å². The van der Waals surface area contributed by atoms with Crippen molar-refractivity contribution >= 4 is 39.8 Å². The van der Waals surface area contributed by atoms with Crippen LogP contribution in [0.5, 0.6) is 0 Å². The number of ketones is 2. The summed E-state index contributed by atoms with van der Waals surface area (Å²) in [5.41, 5.74) is 1.98. The first-order chi connectivity index (χ1) is 13.9. The van der Waals surface area contributed by atoms with E-state index in [1.165, 1.54) is 11.3 Å². The second-order valence-electron chi connectivity index (χ2n) is 7.02. The molecule has 0 aliphatic rings. The van der Waals surface area contributed by atoms with Gasteiger partial charge in [-0.1, -0.05) is 12.1 Å². The standard InChI is InChI=1S/C22H25N3O3S/c1-15-7-11-21(29-15)20(27)10-8-17(26)9-12-22(28)23-13-14-25-16(2)24-18-5-3-4-6-19(18)25/h3-7,11H,8-10,12-14H2,1-2H3,(H,23,28). The number of imidazole rings is 1. The highest BCUT2D eigenvalue weighted by Gasteiger charge is 2.13. The van der Waals surface area contributed by atoms with E-state index in [0.29, 0.717) is 18.0 Å². The molecule has 29 heavy (non-hydrogen) atoms. The Morgan fingerprint density at radius 1 is 1.00 bits per heavy atom. The number of Topliss-reactive ketones (excluding diaryl/α,β-unsaturated/α-hetero) is 2. The van der Waals surface area contributed by atoms with Crippen molar-refractivity contribution in [2.24, 2.45) is 0 Å². The molecule has 2 heterocycles. The van der Waals surface area contributed by atoms with Crippen molar-refractivity contribution < 1.29 is 14.4 Å². The third kappa shape index (κ3) is 5.60. The summed E-state index contributed by atoms with van der Waals surface area (Å²) in [7, 11) is 0. The fraction of sp³-hybridized carbons (Fsp3) is 0.364. The van der Waals surface area contributed by atoms with Crippen LogP contribution in [0.1, 0.15) is 46.1 Å². The van der Waals surface area contributed by atoms with Crippen LogP contribution >= 0.6 is 11.3 Å². The van der Waals surface area contributed by atoms with Gasteiger partial charge in [-0.2, -0.15) is 0 Å². The van der Waals surface area contributed by atoms with Crippen LogP contribution in [0.4, 0.5) is 0 Å². The van der Waals surface area contributed by atoms with E-state index in [9.17, 15) is 14.4 Å². The zero-order valence-electron chi connectivity index (χ0n) is 16.7. The first kappa shape index (κ1) is 20.9. The molecule has 0 radical (unpaired) electrons. The third-order valence-corrected chi connectivity index (χ3v) is 5.82. The molecule has 1 amide bonds. The Bertz CT molecular complexity index is 1040. The molecular formula is C22H25N3O3S. The lowest BCUT2D eigenvalue weighted by atomic mass is 10.1. The number of aromatic nitrogens is 2. The molecule has 1 N–H and O–H groups in total. The van der Waals surface area contributed by atoms with Crippen molar-refractivity contribution in [1.29, 1.82) is 0 Å². The van der Waals surface area contributed by atoms with Gasteiger partial charge in [0.25, 0.3) is 0 Å². The monoisotopic (exact) mass is 411 g/mol. The second kappa shape index (κ2) is 9.60. The van der Waals surface area contributed by atoms with Gasteiger partial charge in [-0.05, 0) is 38.1 Å². The van der Waals surface area contributed by atoms with Gasteiger partial charge in [0.1, 0.15) is 11.6 Å². The number of thiophene rings is 1. The molecule has 0 fully saturated rings. The summed E-state index contributed by atoms with van der Waals surface area (Å²) in [4.78, 5) is 42.4. The summed E-state index contributed by atoms with van der Waals surface area (Å²) < 4.78 is 2.07. The number of nitrogens with zero attached hydrogens (tertiary/aromatic N) is 2. The number of rotatable bonds is 10. The third-order valence-electron chi connectivity index (χ3n) is 4.78. The van der Waals surface area contributed by atoms with Crippen LogP contribution in [0.15, 0.2) is 36.4 Å². The number of carbonyl (C=O) groups excluding carboxylic acids is 3. The number of amides is 1. The molecule has 6 nitrogen and oxygen atoms in total. The maximum atomic E-state index is 12.0. The molecule has 0 saturated carbocycles. The van der Waals surface area contributed by atoms with Gasteiger partial charge in [0.2, 0.25) is 5.91 Å². The van der Waals surface area contributed by atoms with Crippen molar-refractivity contribution in [2.45, 2.75) is 46.1 Å². The van der Waals surface area contributed by atoms with Gasteiger partial charge in [0, 0.05) is 43.6 Å². The van der Waals surface area contributed by atoms with Crippen LogP contribution in [0.25, 0.3) is 11.0 Å². The maximum absolute atomic E-state index is 12.0. The molecule has 0 atom stereocenters. The van der Waals surface area contributed by atoms with Crippen LogP contribution in [0.2, 0.25) is 0 Å². The number of hydrogen-bond donors (Lipinski definition) is 1. The predicted molar refractivity (Wildman–Crippen MR) is 114 cm³/mol. The molecule has 152 valence electrons. The molecule has 1 aromatic carbocycles. The lowest BCUT2D eigenvalue weighted by Gasteiger charge is -2.08. The fourth-order valence-electron chi connectivity index (χ4n) is 3.21.